The van der Waals surface area contributed by atoms with Crippen molar-refractivity contribution in [1.82, 2.24) is 0 Å². The number of ether oxygens (including phenoxy) is 2. The number of imide groups is 1. The highest BCUT2D eigenvalue weighted by Crippen LogP contribution is 2.38. The topological polar surface area (TPSA) is 83.8 Å². The number of fused-ring (bicyclic) bond motifs is 2. The van der Waals surface area contributed by atoms with Crippen LogP contribution in [0, 0.1) is 0 Å². The molecule has 1 fully saturated rings. The highest BCUT2D eigenvalue weighted by molar-refractivity contribution is 6.26. The van der Waals surface area contributed by atoms with Gasteiger partial charge in [0, 0.05) is 18.2 Å². The molecule has 2 heterocycles. The molecule has 0 saturated carbocycles. The van der Waals surface area contributed by atoms with Crippen molar-refractivity contribution in [2.75, 3.05) is 24.1 Å². The van der Waals surface area contributed by atoms with Gasteiger partial charge in [0.1, 0.15) is 11.5 Å². The zero-order valence-electron chi connectivity index (χ0n) is 16.2. The van der Waals surface area contributed by atoms with Crippen molar-refractivity contribution in [2.24, 2.45) is 10.3 Å². The lowest BCUT2D eigenvalue weighted by Crippen LogP contribution is -2.40. The van der Waals surface area contributed by atoms with Crippen molar-refractivity contribution in [3.8, 4) is 11.5 Å². The Hall–Kier alpha value is -3.42. The number of aryl methyl sites for hydroxylation is 2. The third-order valence-electron chi connectivity index (χ3n) is 5.72. The second-order valence-corrected chi connectivity index (χ2v) is 7.33. The maximum Gasteiger partial charge on any atom is 0.263 e. The monoisotopic (exact) mass is 392 g/mol. The Morgan fingerprint density at radius 3 is 2.34 bits per heavy atom. The summed E-state index contributed by atoms with van der Waals surface area (Å²) in [5.74, 6) is 0.444. The van der Waals surface area contributed by atoms with Crippen LogP contribution in [-0.2, 0) is 22.4 Å². The number of methoxy groups -OCH3 is 2. The normalized spacial score (nSPS) is 22.3. The van der Waals surface area contributed by atoms with Crippen LogP contribution in [0.1, 0.15) is 17.5 Å². The van der Waals surface area contributed by atoms with E-state index in [2.05, 4.69) is 10.3 Å². The minimum atomic E-state index is -0.854. The van der Waals surface area contributed by atoms with E-state index >= 15 is 0 Å². The number of carbonyl (C=O) groups is 2. The van der Waals surface area contributed by atoms with Gasteiger partial charge in [-0.3, -0.25) is 9.59 Å². The summed E-state index contributed by atoms with van der Waals surface area (Å²) in [6.45, 7) is 0. The van der Waals surface area contributed by atoms with Gasteiger partial charge in [-0.1, -0.05) is 11.3 Å². The average Bonchev–Trinajstić information content (AvgIpc) is 3.44. The summed E-state index contributed by atoms with van der Waals surface area (Å²) in [6.07, 6.45) is 3.12. The first-order valence-electron chi connectivity index (χ1n) is 9.53. The van der Waals surface area contributed by atoms with E-state index in [-0.39, 0.29) is 11.8 Å². The molecule has 2 unspecified atom stereocenters. The Kier molecular flexibility index (Phi) is 4.01. The molecule has 8 heteroatoms. The Labute approximate surface area is 167 Å². The van der Waals surface area contributed by atoms with E-state index < -0.39 is 12.1 Å². The lowest BCUT2D eigenvalue weighted by Gasteiger charge is -2.21. The van der Waals surface area contributed by atoms with Gasteiger partial charge in [-0.25, -0.2) is 9.91 Å². The summed E-state index contributed by atoms with van der Waals surface area (Å²) in [6, 6.07) is 9.34. The number of hydrogen-bond acceptors (Lipinski definition) is 7. The van der Waals surface area contributed by atoms with Crippen LogP contribution in [0.5, 0.6) is 11.5 Å². The number of carbonyl (C=O) groups excluding carboxylic acids is 2. The predicted octanol–water partition coefficient (Wildman–Crippen LogP) is 2.69. The van der Waals surface area contributed by atoms with Crippen LogP contribution in [0.4, 0.5) is 11.4 Å². The van der Waals surface area contributed by atoms with Gasteiger partial charge in [0.15, 0.2) is 12.1 Å². The molecule has 0 spiro atoms. The molecule has 0 radical (unpaired) electrons. The van der Waals surface area contributed by atoms with E-state index in [1.54, 1.807) is 32.4 Å². The van der Waals surface area contributed by atoms with E-state index in [4.69, 9.17) is 9.47 Å². The van der Waals surface area contributed by atoms with Crippen molar-refractivity contribution < 1.29 is 19.1 Å². The molecule has 1 aliphatic carbocycles. The molecule has 2 aromatic carbocycles. The van der Waals surface area contributed by atoms with Crippen LogP contribution >= 0.6 is 0 Å². The Morgan fingerprint density at radius 1 is 0.897 bits per heavy atom. The SMILES string of the molecule is COc1cc(OC)cc(N2N=NC3C(=O)N(c4ccc5c(c4)CCC5)C(=O)C32)c1. The molecule has 8 nitrogen and oxygen atoms in total. The van der Waals surface area contributed by atoms with Crippen molar-refractivity contribution in [3.05, 3.63) is 47.5 Å². The first-order chi connectivity index (χ1) is 14.1. The predicted molar refractivity (Wildman–Crippen MR) is 105 cm³/mol. The highest BCUT2D eigenvalue weighted by Gasteiger charge is 2.55. The molecule has 148 valence electrons. The van der Waals surface area contributed by atoms with Gasteiger partial charge in [-0.2, -0.15) is 5.11 Å². The van der Waals surface area contributed by atoms with Gasteiger partial charge in [0.05, 0.1) is 25.6 Å². The number of benzene rings is 2. The average molecular weight is 392 g/mol. The molecule has 29 heavy (non-hydrogen) atoms. The van der Waals surface area contributed by atoms with Crippen LogP contribution in [0.15, 0.2) is 46.7 Å². The molecule has 0 aromatic heterocycles. The van der Waals surface area contributed by atoms with Gasteiger partial charge >= 0.3 is 0 Å². The first kappa shape index (κ1) is 17.7. The summed E-state index contributed by atoms with van der Waals surface area (Å²) < 4.78 is 10.6. The van der Waals surface area contributed by atoms with Gasteiger partial charge < -0.3 is 9.47 Å². The molecule has 2 atom stereocenters. The highest BCUT2D eigenvalue weighted by atomic mass is 16.5. The molecule has 5 rings (SSSR count). The van der Waals surface area contributed by atoms with Gasteiger partial charge in [0.25, 0.3) is 11.8 Å². The van der Waals surface area contributed by atoms with Crippen molar-refractivity contribution in [3.63, 3.8) is 0 Å². The van der Waals surface area contributed by atoms with E-state index in [1.165, 1.54) is 21.0 Å². The second-order valence-electron chi connectivity index (χ2n) is 7.33. The van der Waals surface area contributed by atoms with Crippen LogP contribution in [0.25, 0.3) is 0 Å². The molecular weight excluding hydrogens is 372 g/mol. The summed E-state index contributed by atoms with van der Waals surface area (Å²) in [4.78, 5) is 27.5. The number of hydrogen-bond donors (Lipinski definition) is 0. The van der Waals surface area contributed by atoms with Gasteiger partial charge in [-0.15, -0.1) is 0 Å². The Balaban J connectivity index is 1.50. The summed E-state index contributed by atoms with van der Waals surface area (Å²) >= 11 is 0. The maximum absolute atomic E-state index is 13.3. The lowest BCUT2D eigenvalue weighted by molar-refractivity contribution is -0.121. The molecule has 2 aromatic rings. The van der Waals surface area contributed by atoms with Crippen LogP contribution in [0.2, 0.25) is 0 Å². The minimum Gasteiger partial charge on any atom is -0.497 e. The fourth-order valence-corrected chi connectivity index (χ4v) is 4.25. The first-order valence-corrected chi connectivity index (χ1v) is 9.53. The fourth-order valence-electron chi connectivity index (χ4n) is 4.25. The lowest BCUT2D eigenvalue weighted by atomic mass is 10.1. The number of anilines is 2. The third-order valence-corrected chi connectivity index (χ3v) is 5.72. The molecule has 2 amide bonds. The van der Waals surface area contributed by atoms with E-state index in [0.717, 1.165) is 19.3 Å². The second kappa shape index (κ2) is 6.58. The maximum atomic E-state index is 13.3. The summed E-state index contributed by atoms with van der Waals surface area (Å²) in [7, 11) is 3.10. The van der Waals surface area contributed by atoms with Crippen molar-refractivity contribution in [2.45, 2.75) is 31.3 Å². The van der Waals surface area contributed by atoms with Crippen LogP contribution in [0.3, 0.4) is 0 Å². The molecule has 0 bridgehead atoms. The molecule has 0 N–H and O–H groups in total. The van der Waals surface area contributed by atoms with E-state index in [0.29, 0.717) is 22.9 Å². The largest absolute Gasteiger partial charge is 0.497 e. The van der Waals surface area contributed by atoms with Gasteiger partial charge in [0.2, 0.25) is 0 Å². The Bertz CT molecular complexity index is 1030. The quantitative estimate of drug-likeness (QED) is 0.747. The molecular formula is C21H20N4O4. The van der Waals surface area contributed by atoms with Gasteiger partial charge in [-0.05, 0) is 42.5 Å². The number of nitrogens with zero attached hydrogens (tertiary/aromatic N) is 4. The van der Waals surface area contributed by atoms with E-state index in [1.807, 2.05) is 18.2 Å². The molecule has 3 aliphatic rings. The fraction of sp³-hybridized carbons (Fsp3) is 0.333. The number of amides is 2. The molecule has 1 saturated heterocycles. The zero-order chi connectivity index (χ0) is 20.1. The van der Waals surface area contributed by atoms with Crippen LogP contribution in [-0.4, -0.2) is 38.1 Å². The summed E-state index contributed by atoms with van der Waals surface area (Å²) in [5.41, 5.74) is 3.68. The summed E-state index contributed by atoms with van der Waals surface area (Å²) in [5, 5.41) is 9.69. The molecule has 2 aliphatic heterocycles. The standard InChI is InChI=1S/C21H20N4O4/c1-28-16-9-15(10-17(11-16)29-2)25-19-18(22-23-25)20(26)24(21(19)27)14-7-6-12-4-3-5-13(12)8-14/h6-11,18-19H,3-5H2,1-2H3. The Morgan fingerprint density at radius 2 is 1.62 bits per heavy atom. The smallest absolute Gasteiger partial charge is 0.263 e. The van der Waals surface area contributed by atoms with Crippen LogP contribution < -0.4 is 19.4 Å². The third kappa shape index (κ3) is 2.66. The minimum absolute atomic E-state index is 0.329. The van der Waals surface area contributed by atoms with Crippen molar-refractivity contribution >= 4 is 23.2 Å². The van der Waals surface area contributed by atoms with Crippen molar-refractivity contribution in [1.29, 1.82) is 0 Å². The number of rotatable bonds is 4. The zero-order valence-corrected chi connectivity index (χ0v) is 16.2. The van der Waals surface area contributed by atoms with E-state index in [9.17, 15) is 9.59 Å².